The van der Waals surface area contributed by atoms with Crippen LogP contribution in [0.2, 0.25) is 0 Å². The van der Waals surface area contributed by atoms with Crippen LogP contribution in [-0.4, -0.2) is 5.11 Å². The average molecular weight is 347 g/mol. The summed E-state index contributed by atoms with van der Waals surface area (Å²) in [5.74, 6) is 0. The third-order valence-electron chi connectivity index (χ3n) is 3.57. The standard InChI is InChI=1S/C17H15BrOS/c1-11-8-13(18)6-7-14(11)16(19)9-12-10-20-17-5-3-2-4-15(12)17/h2-8,10,16,19H,9H2,1H3. The van der Waals surface area contributed by atoms with Crippen LogP contribution >= 0.6 is 27.3 Å². The Morgan fingerprint density at radius 2 is 2.00 bits per heavy atom. The first-order valence-corrected chi connectivity index (χ1v) is 8.21. The van der Waals surface area contributed by atoms with Crippen LogP contribution < -0.4 is 0 Å². The molecule has 0 spiro atoms. The van der Waals surface area contributed by atoms with Crippen molar-refractivity contribution in [2.45, 2.75) is 19.4 Å². The van der Waals surface area contributed by atoms with Crippen LogP contribution in [0.25, 0.3) is 10.1 Å². The molecule has 20 heavy (non-hydrogen) atoms. The Kier molecular flexibility index (Phi) is 3.92. The minimum absolute atomic E-state index is 0.457. The summed E-state index contributed by atoms with van der Waals surface area (Å²) in [6, 6.07) is 14.4. The van der Waals surface area contributed by atoms with E-state index in [1.54, 1.807) is 11.3 Å². The zero-order valence-corrected chi connectivity index (χ0v) is 13.5. The number of hydrogen-bond donors (Lipinski definition) is 1. The smallest absolute Gasteiger partial charge is 0.0833 e. The Hall–Kier alpha value is -1.16. The molecule has 1 atom stereocenters. The van der Waals surface area contributed by atoms with E-state index in [9.17, 15) is 5.11 Å². The Labute approximate surface area is 131 Å². The number of hydrogen-bond acceptors (Lipinski definition) is 2. The van der Waals surface area contributed by atoms with Crippen LogP contribution in [0.15, 0.2) is 52.3 Å². The highest BCUT2D eigenvalue weighted by Gasteiger charge is 2.14. The maximum Gasteiger partial charge on any atom is 0.0833 e. The summed E-state index contributed by atoms with van der Waals surface area (Å²) in [5, 5.41) is 13.9. The third-order valence-corrected chi connectivity index (χ3v) is 5.07. The molecule has 1 unspecified atom stereocenters. The van der Waals surface area contributed by atoms with E-state index in [1.807, 2.05) is 25.1 Å². The molecule has 0 aliphatic heterocycles. The van der Waals surface area contributed by atoms with Crippen molar-refractivity contribution < 1.29 is 5.11 Å². The predicted molar refractivity (Wildman–Crippen MR) is 89.4 cm³/mol. The number of aliphatic hydroxyl groups is 1. The monoisotopic (exact) mass is 346 g/mol. The van der Waals surface area contributed by atoms with E-state index >= 15 is 0 Å². The highest BCUT2D eigenvalue weighted by atomic mass is 79.9. The number of rotatable bonds is 3. The zero-order valence-electron chi connectivity index (χ0n) is 11.1. The van der Waals surface area contributed by atoms with Crippen molar-refractivity contribution in [1.82, 2.24) is 0 Å². The van der Waals surface area contributed by atoms with Crippen molar-refractivity contribution in [3.8, 4) is 0 Å². The molecule has 0 aliphatic carbocycles. The molecule has 0 saturated heterocycles. The summed E-state index contributed by atoms with van der Waals surface area (Å²) in [4.78, 5) is 0. The van der Waals surface area contributed by atoms with Crippen molar-refractivity contribution in [2.75, 3.05) is 0 Å². The zero-order chi connectivity index (χ0) is 14.1. The molecule has 102 valence electrons. The minimum Gasteiger partial charge on any atom is -0.388 e. The van der Waals surface area contributed by atoms with Gasteiger partial charge in [0.15, 0.2) is 0 Å². The molecule has 1 nitrogen and oxygen atoms in total. The van der Waals surface area contributed by atoms with Crippen molar-refractivity contribution >= 4 is 37.4 Å². The lowest BCUT2D eigenvalue weighted by Crippen LogP contribution is -2.03. The van der Waals surface area contributed by atoms with E-state index in [2.05, 4.69) is 45.6 Å². The molecule has 0 saturated carbocycles. The van der Waals surface area contributed by atoms with Crippen molar-refractivity contribution in [3.63, 3.8) is 0 Å². The maximum atomic E-state index is 10.5. The van der Waals surface area contributed by atoms with Gasteiger partial charge in [0.1, 0.15) is 0 Å². The lowest BCUT2D eigenvalue weighted by Gasteiger charge is -2.13. The molecule has 0 aliphatic rings. The van der Waals surface area contributed by atoms with Crippen molar-refractivity contribution in [3.05, 3.63) is 69.0 Å². The predicted octanol–water partition coefficient (Wildman–Crippen LogP) is 5.25. The van der Waals surface area contributed by atoms with E-state index in [-0.39, 0.29) is 0 Å². The second-order valence-electron chi connectivity index (χ2n) is 4.98. The second kappa shape index (κ2) is 5.68. The molecular weight excluding hydrogens is 332 g/mol. The average Bonchev–Trinajstić information content (AvgIpc) is 2.82. The molecule has 1 N–H and O–H groups in total. The van der Waals surface area contributed by atoms with E-state index in [4.69, 9.17) is 0 Å². The Balaban J connectivity index is 1.90. The van der Waals surface area contributed by atoms with Gasteiger partial charge in [-0.3, -0.25) is 0 Å². The van der Waals surface area contributed by atoms with Gasteiger partial charge in [-0.2, -0.15) is 0 Å². The number of aryl methyl sites for hydroxylation is 1. The van der Waals surface area contributed by atoms with Crippen LogP contribution in [0.1, 0.15) is 22.8 Å². The first-order valence-electron chi connectivity index (χ1n) is 6.54. The molecule has 1 aromatic heterocycles. The van der Waals surface area contributed by atoms with Gasteiger partial charge in [-0.25, -0.2) is 0 Å². The Bertz CT molecular complexity index is 748. The normalized spacial score (nSPS) is 12.8. The molecular formula is C17H15BrOS. The van der Waals surface area contributed by atoms with E-state index < -0.39 is 6.10 Å². The fourth-order valence-electron chi connectivity index (χ4n) is 2.52. The molecule has 2 aromatic carbocycles. The SMILES string of the molecule is Cc1cc(Br)ccc1C(O)Cc1csc2ccccc12. The molecule has 3 heteroatoms. The van der Waals surface area contributed by atoms with Gasteiger partial charge in [0, 0.05) is 15.6 Å². The summed E-state index contributed by atoms with van der Waals surface area (Å²) in [6.45, 7) is 2.04. The number of benzene rings is 2. The number of aliphatic hydroxyl groups excluding tert-OH is 1. The largest absolute Gasteiger partial charge is 0.388 e. The fraction of sp³-hybridized carbons (Fsp3) is 0.176. The van der Waals surface area contributed by atoms with Gasteiger partial charge >= 0.3 is 0 Å². The first kappa shape index (κ1) is 13.8. The quantitative estimate of drug-likeness (QED) is 0.686. The van der Waals surface area contributed by atoms with Gasteiger partial charge < -0.3 is 5.11 Å². The summed E-state index contributed by atoms with van der Waals surface area (Å²) in [5.41, 5.74) is 3.34. The van der Waals surface area contributed by atoms with Gasteiger partial charge in [-0.05, 0) is 52.6 Å². The maximum absolute atomic E-state index is 10.5. The minimum atomic E-state index is -0.457. The topological polar surface area (TPSA) is 20.2 Å². The number of thiophene rings is 1. The highest BCUT2D eigenvalue weighted by molar-refractivity contribution is 9.10. The first-order chi connectivity index (χ1) is 9.65. The number of halogens is 1. The number of fused-ring (bicyclic) bond motifs is 1. The van der Waals surface area contributed by atoms with Gasteiger partial charge in [0.05, 0.1) is 6.10 Å². The van der Waals surface area contributed by atoms with Gasteiger partial charge in [0.2, 0.25) is 0 Å². The van der Waals surface area contributed by atoms with Gasteiger partial charge in [-0.1, -0.05) is 40.2 Å². The van der Waals surface area contributed by atoms with Crippen molar-refractivity contribution in [2.24, 2.45) is 0 Å². The highest BCUT2D eigenvalue weighted by Crippen LogP contribution is 2.30. The molecule has 0 bridgehead atoms. The van der Waals surface area contributed by atoms with Gasteiger partial charge in [0.25, 0.3) is 0 Å². The Morgan fingerprint density at radius 3 is 2.80 bits per heavy atom. The molecule has 0 fully saturated rings. The lowest BCUT2D eigenvalue weighted by atomic mass is 9.97. The van der Waals surface area contributed by atoms with Crippen LogP contribution in [0.5, 0.6) is 0 Å². The van der Waals surface area contributed by atoms with Crippen LogP contribution in [-0.2, 0) is 6.42 Å². The molecule has 3 aromatic rings. The molecule has 0 radical (unpaired) electrons. The van der Waals surface area contributed by atoms with E-state index in [1.165, 1.54) is 15.6 Å². The summed E-state index contributed by atoms with van der Waals surface area (Å²) in [6.07, 6.45) is 0.202. The molecule has 0 amide bonds. The van der Waals surface area contributed by atoms with E-state index in [0.29, 0.717) is 6.42 Å². The molecule has 1 heterocycles. The summed E-state index contributed by atoms with van der Waals surface area (Å²) in [7, 11) is 0. The van der Waals surface area contributed by atoms with Gasteiger partial charge in [-0.15, -0.1) is 11.3 Å². The van der Waals surface area contributed by atoms with Crippen molar-refractivity contribution in [1.29, 1.82) is 0 Å². The van der Waals surface area contributed by atoms with Crippen LogP contribution in [0.4, 0.5) is 0 Å². The van der Waals surface area contributed by atoms with E-state index in [0.717, 1.165) is 15.6 Å². The third kappa shape index (κ3) is 2.66. The van der Waals surface area contributed by atoms with Crippen LogP contribution in [0.3, 0.4) is 0 Å². The van der Waals surface area contributed by atoms with Crippen LogP contribution in [0, 0.1) is 6.92 Å². The fourth-order valence-corrected chi connectivity index (χ4v) is 3.97. The Morgan fingerprint density at radius 1 is 1.20 bits per heavy atom. The summed E-state index contributed by atoms with van der Waals surface area (Å²) >= 11 is 5.20. The molecule has 3 rings (SSSR count). The lowest BCUT2D eigenvalue weighted by molar-refractivity contribution is 0.178. The second-order valence-corrected chi connectivity index (χ2v) is 6.80. The summed E-state index contributed by atoms with van der Waals surface area (Å²) < 4.78 is 2.33.